The van der Waals surface area contributed by atoms with Crippen molar-refractivity contribution in [3.05, 3.63) is 59.1 Å². The number of hydrogen-bond donors (Lipinski definition) is 2. The number of hydrogen-bond acceptors (Lipinski definition) is 10. The van der Waals surface area contributed by atoms with Gasteiger partial charge in [-0.25, -0.2) is 4.98 Å². The summed E-state index contributed by atoms with van der Waals surface area (Å²) >= 11 is 1.34. The van der Waals surface area contributed by atoms with E-state index in [2.05, 4.69) is 20.8 Å². The van der Waals surface area contributed by atoms with Gasteiger partial charge in [-0.2, -0.15) is 5.10 Å². The zero-order chi connectivity index (χ0) is 25.8. The Morgan fingerprint density at radius 3 is 2.67 bits per heavy atom. The Labute approximate surface area is 213 Å². The second kappa shape index (κ2) is 13.7. The van der Waals surface area contributed by atoms with E-state index in [1.54, 1.807) is 54.9 Å². The molecule has 0 fully saturated rings. The molecule has 0 aliphatic carbocycles. The van der Waals surface area contributed by atoms with Crippen LogP contribution in [-0.2, 0) is 20.7 Å². The summed E-state index contributed by atoms with van der Waals surface area (Å²) in [5.74, 6) is 0.827. The number of thiazole rings is 1. The van der Waals surface area contributed by atoms with Gasteiger partial charge in [-0.05, 0) is 49.7 Å². The topological polar surface area (TPSA) is 120 Å². The van der Waals surface area contributed by atoms with Crippen LogP contribution in [0.25, 0.3) is 0 Å². The molecule has 1 heterocycles. The molecule has 0 unspecified atom stereocenters. The van der Waals surface area contributed by atoms with Crippen LogP contribution >= 0.6 is 11.3 Å². The number of methoxy groups -OCH3 is 1. The van der Waals surface area contributed by atoms with Crippen LogP contribution in [0.3, 0.4) is 0 Å². The zero-order valence-corrected chi connectivity index (χ0v) is 21.1. The van der Waals surface area contributed by atoms with Gasteiger partial charge in [-0.15, -0.1) is 11.3 Å². The lowest BCUT2D eigenvalue weighted by atomic mass is 10.2. The maximum absolute atomic E-state index is 12.4. The van der Waals surface area contributed by atoms with Gasteiger partial charge in [0.15, 0.2) is 18.1 Å². The third-order valence-corrected chi connectivity index (χ3v) is 5.36. The number of para-hydroxylation sites is 2. The molecule has 1 aromatic heterocycles. The Morgan fingerprint density at radius 1 is 1.06 bits per heavy atom. The van der Waals surface area contributed by atoms with Crippen LogP contribution in [-0.4, -0.2) is 50.0 Å². The fourth-order valence-corrected chi connectivity index (χ4v) is 3.69. The van der Waals surface area contributed by atoms with Crippen molar-refractivity contribution in [3.8, 4) is 17.2 Å². The summed E-state index contributed by atoms with van der Waals surface area (Å²) in [6.07, 6.45) is 1.72. The van der Waals surface area contributed by atoms with Crippen molar-refractivity contribution in [1.82, 2.24) is 4.98 Å². The number of nitrogens with zero attached hydrogens (tertiary/aromatic N) is 2. The van der Waals surface area contributed by atoms with Gasteiger partial charge in [0.05, 0.1) is 44.3 Å². The first kappa shape index (κ1) is 26.5. The van der Waals surface area contributed by atoms with E-state index in [1.165, 1.54) is 18.4 Å². The van der Waals surface area contributed by atoms with E-state index in [0.29, 0.717) is 47.0 Å². The first-order valence-corrected chi connectivity index (χ1v) is 12.1. The Morgan fingerprint density at radius 2 is 1.89 bits per heavy atom. The molecule has 3 rings (SSSR count). The molecule has 2 aromatic carbocycles. The molecule has 11 heteroatoms. The van der Waals surface area contributed by atoms with Crippen molar-refractivity contribution >= 4 is 40.2 Å². The van der Waals surface area contributed by atoms with Crippen LogP contribution < -0.4 is 25.0 Å². The predicted octanol–water partition coefficient (Wildman–Crippen LogP) is 4.12. The van der Waals surface area contributed by atoms with Crippen molar-refractivity contribution in [2.45, 2.75) is 20.3 Å². The third kappa shape index (κ3) is 7.98. The maximum Gasteiger partial charge on any atom is 0.311 e. The van der Waals surface area contributed by atoms with Crippen LogP contribution in [0, 0.1) is 0 Å². The molecule has 0 aliphatic rings. The van der Waals surface area contributed by atoms with Crippen LogP contribution in [0.2, 0.25) is 0 Å². The van der Waals surface area contributed by atoms with Gasteiger partial charge in [-0.3, -0.25) is 15.0 Å². The second-order valence-corrected chi connectivity index (χ2v) is 8.03. The standard InChI is InChI=1S/C25H28N4O6S/c1-4-33-22-12-17(14-26-29-25-27-18(16-36-25)13-24(31)34-5-2)10-11-21(22)35-15-23(30)28-19-8-6-7-9-20(19)32-3/h6-12,14,16H,4-5,13,15H2,1-3H3,(H,27,29)(H,28,30). The van der Waals surface area contributed by atoms with E-state index >= 15 is 0 Å². The van der Waals surface area contributed by atoms with E-state index in [4.69, 9.17) is 18.9 Å². The molecule has 0 saturated heterocycles. The Balaban J connectivity index is 1.57. The largest absolute Gasteiger partial charge is 0.495 e. The predicted molar refractivity (Wildman–Crippen MR) is 138 cm³/mol. The number of benzene rings is 2. The van der Waals surface area contributed by atoms with E-state index in [1.807, 2.05) is 13.0 Å². The summed E-state index contributed by atoms with van der Waals surface area (Å²) in [6.45, 7) is 4.17. The molecule has 0 spiro atoms. The molecule has 10 nitrogen and oxygen atoms in total. The van der Waals surface area contributed by atoms with Crippen molar-refractivity contribution in [3.63, 3.8) is 0 Å². The average molecular weight is 513 g/mol. The van der Waals surface area contributed by atoms with Crippen LogP contribution in [0.4, 0.5) is 10.8 Å². The lowest BCUT2D eigenvalue weighted by Gasteiger charge is -2.13. The summed E-state index contributed by atoms with van der Waals surface area (Å²) in [7, 11) is 1.54. The fraction of sp³-hybridized carbons (Fsp3) is 0.280. The average Bonchev–Trinajstić information content (AvgIpc) is 3.31. The van der Waals surface area contributed by atoms with Crippen molar-refractivity contribution in [2.24, 2.45) is 5.10 Å². The van der Waals surface area contributed by atoms with Crippen molar-refractivity contribution in [2.75, 3.05) is 37.7 Å². The van der Waals surface area contributed by atoms with Gasteiger partial charge < -0.3 is 24.3 Å². The van der Waals surface area contributed by atoms with Gasteiger partial charge in [-0.1, -0.05) is 12.1 Å². The number of carbonyl (C=O) groups excluding carboxylic acids is 2. The van der Waals surface area contributed by atoms with E-state index < -0.39 is 0 Å². The number of carbonyl (C=O) groups is 2. The molecule has 0 atom stereocenters. The van der Waals surface area contributed by atoms with Gasteiger partial charge in [0, 0.05) is 5.38 Å². The molecule has 0 bridgehead atoms. The molecule has 0 aliphatic heterocycles. The summed E-state index contributed by atoms with van der Waals surface area (Å²) in [4.78, 5) is 28.2. The minimum atomic E-state index is -0.331. The van der Waals surface area contributed by atoms with Gasteiger partial charge in [0.25, 0.3) is 5.91 Å². The number of esters is 1. The smallest absolute Gasteiger partial charge is 0.311 e. The highest BCUT2D eigenvalue weighted by atomic mass is 32.1. The van der Waals surface area contributed by atoms with E-state index in [-0.39, 0.29) is 24.9 Å². The second-order valence-electron chi connectivity index (χ2n) is 7.17. The summed E-state index contributed by atoms with van der Waals surface area (Å²) in [5.41, 5.74) is 4.77. The fourth-order valence-electron chi connectivity index (χ4n) is 3.03. The van der Waals surface area contributed by atoms with Gasteiger partial charge >= 0.3 is 5.97 Å². The lowest BCUT2D eigenvalue weighted by molar-refractivity contribution is -0.142. The number of anilines is 2. The summed E-state index contributed by atoms with van der Waals surface area (Å²) in [5, 5.41) is 9.29. The number of ether oxygens (including phenoxy) is 4. The molecular formula is C25H28N4O6S. The molecule has 36 heavy (non-hydrogen) atoms. The highest BCUT2D eigenvalue weighted by molar-refractivity contribution is 7.13. The lowest BCUT2D eigenvalue weighted by Crippen LogP contribution is -2.20. The molecule has 0 saturated carbocycles. The Bertz CT molecular complexity index is 1200. The zero-order valence-electron chi connectivity index (χ0n) is 20.3. The van der Waals surface area contributed by atoms with Crippen molar-refractivity contribution in [1.29, 1.82) is 0 Å². The van der Waals surface area contributed by atoms with Crippen LogP contribution in [0.1, 0.15) is 25.1 Å². The highest BCUT2D eigenvalue weighted by Gasteiger charge is 2.11. The summed E-state index contributed by atoms with van der Waals surface area (Å²) < 4.78 is 21.5. The number of nitrogens with one attached hydrogen (secondary N) is 2. The number of amides is 1. The van der Waals surface area contributed by atoms with Gasteiger partial charge in [0.1, 0.15) is 5.75 Å². The molecule has 0 radical (unpaired) electrons. The minimum Gasteiger partial charge on any atom is -0.495 e. The third-order valence-electron chi connectivity index (χ3n) is 4.56. The Kier molecular flexibility index (Phi) is 10.1. The molecular weight excluding hydrogens is 484 g/mol. The maximum atomic E-state index is 12.4. The highest BCUT2D eigenvalue weighted by Crippen LogP contribution is 2.28. The molecule has 2 N–H and O–H groups in total. The minimum absolute atomic E-state index is 0.117. The summed E-state index contributed by atoms with van der Waals surface area (Å²) in [6, 6.07) is 12.4. The Hall–Kier alpha value is -4.12. The van der Waals surface area contributed by atoms with Gasteiger partial charge in [0.2, 0.25) is 5.13 Å². The van der Waals surface area contributed by atoms with Crippen LogP contribution in [0.15, 0.2) is 52.9 Å². The van der Waals surface area contributed by atoms with E-state index in [0.717, 1.165) is 5.56 Å². The first-order chi connectivity index (χ1) is 17.5. The van der Waals surface area contributed by atoms with Crippen molar-refractivity contribution < 1.29 is 28.5 Å². The monoisotopic (exact) mass is 512 g/mol. The molecule has 3 aromatic rings. The molecule has 190 valence electrons. The quantitative estimate of drug-likeness (QED) is 0.199. The normalized spacial score (nSPS) is 10.6. The SMILES string of the molecule is CCOC(=O)Cc1csc(NN=Cc2ccc(OCC(=O)Nc3ccccc3OC)c(OCC)c2)n1. The van der Waals surface area contributed by atoms with Crippen LogP contribution in [0.5, 0.6) is 17.2 Å². The number of rotatable bonds is 13. The first-order valence-electron chi connectivity index (χ1n) is 11.2. The number of hydrazone groups is 1. The van der Waals surface area contributed by atoms with E-state index in [9.17, 15) is 9.59 Å². The number of aromatic nitrogens is 1. The molecule has 1 amide bonds.